The molecule has 0 spiro atoms. The Morgan fingerprint density at radius 2 is 2.09 bits per heavy atom. The van der Waals surface area contributed by atoms with Crippen LogP contribution in [0.4, 0.5) is 11.4 Å². The summed E-state index contributed by atoms with van der Waals surface area (Å²) in [5, 5.41) is 13.8. The van der Waals surface area contributed by atoms with Crippen LogP contribution >= 0.6 is 27.5 Å². The molecule has 0 aromatic heterocycles. The zero-order chi connectivity index (χ0) is 17.0. The summed E-state index contributed by atoms with van der Waals surface area (Å²) in [5.41, 5.74) is 0.228. The average molecular weight is 400 g/mol. The second-order valence-electron chi connectivity index (χ2n) is 4.63. The number of halogens is 2. The fraction of sp³-hybridized carbons (Fsp3) is 0.133. The Morgan fingerprint density at radius 3 is 2.74 bits per heavy atom. The molecule has 0 saturated carbocycles. The maximum atomic E-state index is 12.1. The van der Waals surface area contributed by atoms with E-state index in [1.165, 1.54) is 18.2 Å². The number of carbonyl (C=O) groups is 1. The minimum atomic E-state index is -0.799. The number of carbonyl (C=O) groups excluding carboxylic acids is 1. The molecule has 0 unspecified atom stereocenters. The molecule has 0 heterocycles. The highest BCUT2D eigenvalue weighted by Gasteiger charge is 2.17. The van der Waals surface area contributed by atoms with Crippen molar-refractivity contribution in [3.05, 3.63) is 62.1 Å². The van der Waals surface area contributed by atoms with E-state index < -0.39 is 16.9 Å². The molecule has 1 N–H and O–H groups in total. The summed E-state index contributed by atoms with van der Waals surface area (Å²) in [6.07, 6.45) is -0.799. The molecule has 0 fully saturated rings. The van der Waals surface area contributed by atoms with Crippen LogP contribution in [0.3, 0.4) is 0 Å². The molecule has 23 heavy (non-hydrogen) atoms. The SMILES string of the molecule is C[C@@H](Oc1ccc(Cl)cc1Br)C(=O)Nc1cccc([N+](=O)[O-])c1. The first kappa shape index (κ1) is 17.2. The minimum Gasteiger partial charge on any atom is -0.480 e. The van der Waals surface area contributed by atoms with Crippen molar-refractivity contribution in [1.82, 2.24) is 0 Å². The Kier molecular flexibility index (Phi) is 5.57. The molecular weight excluding hydrogens is 388 g/mol. The number of benzene rings is 2. The molecule has 0 aliphatic rings. The molecule has 2 rings (SSSR count). The Labute approximate surface area is 145 Å². The normalized spacial score (nSPS) is 11.6. The summed E-state index contributed by atoms with van der Waals surface area (Å²) in [4.78, 5) is 22.3. The summed E-state index contributed by atoms with van der Waals surface area (Å²) < 4.78 is 6.19. The molecule has 2 aromatic rings. The summed E-state index contributed by atoms with van der Waals surface area (Å²) in [7, 11) is 0. The number of hydrogen-bond donors (Lipinski definition) is 1. The molecular formula is C15H12BrClN2O4. The molecule has 0 saturated heterocycles. The Morgan fingerprint density at radius 1 is 1.35 bits per heavy atom. The number of hydrogen-bond acceptors (Lipinski definition) is 4. The summed E-state index contributed by atoms with van der Waals surface area (Å²) in [6.45, 7) is 1.58. The van der Waals surface area contributed by atoms with Crippen molar-refractivity contribution >= 4 is 44.8 Å². The summed E-state index contributed by atoms with van der Waals surface area (Å²) >= 11 is 9.14. The van der Waals surface area contributed by atoms with Crippen LogP contribution in [0.15, 0.2) is 46.9 Å². The predicted octanol–water partition coefficient (Wildman–Crippen LogP) is 4.42. The van der Waals surface area contributed by atoms with Gasteiger partial charge in [-0.05, 0) is 47.1 Å². The zero-order valence-electron chi connectivity index (χ0n) is 12.0. The topological polar surface area (TPSA) is 81.5 Å². The van der Waals surface area contributed by atoms with Crippen molar-refractivity contribution < 1.29 is 14.5 Å². The number of amides is 1. The monoisotopic (exact) mass is 398 g/mol. The molecule has 0 radical (unpaired) electrons. The number of non-ortho nitro benzene ring substituents is 1. The first-order valence-electron chi connectivity index (χ1n) is 6.54. The van der Waals surface area contributed by atoms with E-state index in [9.17, 15) is 14.9 Å². The highest BCUT2D eigenvalue weighted by atomic mass is 79.9. The first-order chi connectivity index (χ1) is 10.9. The van der Waals surface area contributed by atoms with E-state index in [1.54, 1.807) is 31.2 Å². The highest BCUT2D eigenvalue weighted by Crippen LogP contribution is 2.29. The highest BCUT2D eigenvalue weighted by molar-refractivity contribution is 9.10. The Bertz CT molecular complexity index is 754. The smallest absolute Gasteiger partial charge is 0.271 e. The van der Waals surface area contributed by atoms with Crippen LogP contribution in [-0.2, 0) is 4.79 Å². The van der Waals surface area contributed by atoms with Gasteiger partial charge in [-0.3, -0.25) is 14.9 Å². The molecule has 8 heteroatoms. The van der Waals surface area contributed by atoms with Crippen LogP contribution in [0.25, 0.3) is 0 Å². The van der Waals surface area contributed by atoms with Gasteiger partial charge >= 0.3 is 0 Å². The van der Waals surface area contributed by atoms with E-state index in [2.05, 4.69) is 21.2 Å². The summed E-state index contributed by atoms with van der Waals surface area (Å²) in [6, 6.07) is 10.6. The van der Waals surface area contributed by atoms with Gasteiger partial charge in [-0.1, -0.05) is 17.7 Å². The number of anilines is 1. The van der Waals surface area contributed by atoms with Gasteiger partial charge in [0.1, 0.15) is 5.75 Å². The lowest BCUT2D eigenvalue weighted by molar-refractivity contribution is -0.384. The molecule has 0 aliphatic heterocycles. The van der Waals surface area contributed by atoms with Crippen molar-refractivity contribution in [3.63, 3.8) is 0 Å². The molecule has 2 aromatic carbocycles. The number of nitrogens with one attached hydrogen (secondary N) is 1. The van der Waals surface area contributed by atoms with E-state index >= 15 is 0 Å². The van der Waals surface area contributed by atoms with Crippen LogP contribution in [-0.4, -0.2) is 16.9 Å². The maximum absolute atomic E-state index is 12.1. The van der Waals surface area contributed by atoms with Gasteiger partial charge in [0.05, 0.1) is 9.40 Å². The maximum Gasteiger partial charge on any atom is 0.271 e. The predicted molar refractivity (Wildman–Crippen MR) is 91.0 cm³/mol. The van der Waals surface area contributed by atoms with Crippen molar-refractivity contribution in [1.29, 1.82) is 0 Å². The third kappa shape index (κ3) is 4.67. The fourth-order valence-electron chi connectivity index (χ4n) is 1.76. The van der Waals surface area contributed by atoms with Crippen molar-refractivity contribution in [2.45, 2.75) is 13.0 Å². The molecule has 120 valence electrons. The largest absolute Gasteiger partial charge is 0.480 e. The third-order valence-electron chi connectivity index (χ3n) is 2.89. The average Bonchev–Trinajstić information content (AvgIpc) is 2.50. The van der Waals surface area contributed by atoms with Crippen molar-refractivity contribution in [2.24, 2.45) is 0 Å². The molecule has 0 aliphatic carbocycles. The lowest BCUT2D eigenvalue weighted by atomic mass is 10.2. The number of rotatable bonds is 5. The summed E-state index contributed by atoms with van der Waals surface area (Å²) in [5.74, 6) is 0.0449. The molecule has 1 amide bonds. The Hall–Kier alpha value is -2.12. The van der Waals surface area contributed by atoms with E-state index in [4.69, 9.17) is 16.3 Å². The third-order valence-corrected chi connectivity index (χ3v) is 3.75. The van der Waals surface area contributed by atoms with E-state index in [-0.39, 0.29) is 5.69 Å². The van der Waals surface area contributed by atoms with Crippen LogP contribution in [0.2, 0.25) is 5.02 Å². The van der Waals surface area contributed by atoms with Gasteiger partial charge in [0, 0.05) is 22.8 Å². The number of nitrogens with zero attached hydrogens (tertiary/aromatic N) is 1. The fourth-order valence-corrected chi connectivity index (χ4v) is 2.53. The molecule has 1 atom stereocenters. The van der Waals surface area contributed by atoms with Crippen LogP contribution in [0.1, 0.15) is 6.92 Å². The van der Waals surface area contributed by atoms with Gasteiger partial charge in [0.15, 0.2) is 6.10 Å². The second-order valence-corrected chi connectivity index (χ2v) is 5.92. The number of ether oxygens (including phenoxy) is 1. The van der Waals surface area contributed by atoms with Crippen LogP contribution in [0.5, 0.6) is 5.75 Å². The van der Waals surface area contributed by atoms with E-state index in [0.717, 1.165) is 0 Å². The van der Waals surface area contributed by atoms with Gasteiger partial charge in [0.25, 0.3) is 11.6 Å². The number of nitro groups is 1. The zero-order valence-corrected chi connectivity index (χ0v) is 14.3. The molecule has 0 bridgehead atoms. The Balaban J connectivity index is 2.05. The first-order valence-corrected chi connectivity index (χ1v) is 7.71. The van der Waals surface area contributed by atoms with Crippen molar-refractivity contribution in [2.75, 3.05) is 5.32 Å². The van der Waals surface area contributed by atoms with Gasteiger partial charge in [-0.25, -0.2) is 0 Å². The second kappa shape index (κ2) is 7.43. The lowest BCUT2D eigenvalue weighted by Gasteiger charge is -2.15. The van der Waals surface area contributed by atoms with E-state index in [0.29, 0.717) is 20.9 Å². The van der Waals surface area contributed by atoms with Crippen LogP contribution < -0.4 is 10.1 Å². The standard InChI is InChI=1S/C15H12BrClN2O4/c1-9(23-14-6-5-10(17)7-13(14)16)15(20)18-11-3-2-4-12(8-11)19(21)22/h2-9H,1H3,(H,18,20)/t9-/m1/s1. The lowest BCUT2D eigenvalue weighted by Crippen LogP contribution is -2.30. The van der Waals surface area contributed by atoms with Gasteiger partial charge in [0.2, 0.25) is 0 Å². The van der Waals surface area contributed by atoms with Crippen LogP contribution in [0, 0.1) is 10.1 Å². The number of nitro benzene ring substituents is 1. The van der Waals surface area contributed by atoms with Crippen molar-refractivity contribution in [3.8, 4) is 5.75 Å². The van der Waals surface area contributed by atoms with Gasteiger partial charge in [-0.15, -0.1) is 0 Å². The van der Waals surface area contributed by atoms with Gasteiger partial charge in [-0.2, -0.15) is 0 Å². The van der Waals surface area contributed by atoms with E-state index in [1.807, 2.05) is 0 Å². The molecule has 6 nitrogen and oxygen atoms in total. The minimum absolute atomic E-state index is 0.100. The van der Waals surface area contributed by atoms with Gasteiger partial charge < -0.3 is 10.1 Å². The quantitative estimate of drug-likeness (QED) is 0.596.